The maximum Gasteiger partial charge on any atom is 0.262 e. The Morgan fingerprint density at radius 1 is 1.44 bits per heavy atom. The van der Waals surface area contributed by atoms with Crippen molar-refractivity contribution >= 4 is 40.0 Å². The molecule has 2 aromatic heterocycles. The quantitative estimate of drug-likeness (QED) is 0.798. The number of carbonyl (C=O) groups excluding carboxylic acids is 2. The second-order valence-electron chi connectivity index (χ2n) is 5.41. The van der Waals surface area contributed by atoms with E-state index in [-0.39, 0.29) is 24.3 Å². The number of thioether (sulfide) groups is 1. The normalized spacial score (nSPS) is 16.4. The van der Waals surface area contributed by atoms with Gasteiger partial charge in [-0.05, 0) is 24.3 Å². The summed E-state index contributed by atoms with van der Waals surface area (Å²) < 4.78 is 5.87. The van der Waals surface area contributed by atoms with E-state index in [9.17, 15) is 9.59 Å². The molecule has 1 fully saturated rings. The average Bonchev–Trinajstić information content (AvgIpc) is 3.27. The Morgan fingerprint density at radius 3 is 3.08 bits per heavy atom. The minimum absolute atomic E-state index is 0.0884. The number of amides is 2. The first-order valence-electron chi connectivity index (χ1n) is 7.81. The van der Waals surface area contributed by atoms with Gasteiger partial charge in [0.1, 0.15) is 11.7 Å². The summed E-state index contributed by atoms with van der Waals surface area (Å²) in [6, 6.07) is 3.38. The molecule has 3 rings (SSSR count). The van der Waals surface area contributed by atoms with Crippen LogP contribution < -0.4 is 15.4 Å². The maximum absolute atomic E-state index is 12.5. The molecule has 25 heavy (non-hydrogen) atoms. The Bertz CT molecular complexity index is 759. The SMILES string of the molecule is CNC(=O)Cc1csc(NC(=O)c2cccnc2OC2CCSC2)n1. The third kappa shape index (κ3) is 4.70. The molecule has 3 heterocycles. The van der Waals surface area contributed by atoms with Crippen LogP contribution in [0.4, 0.5) is 5.13 Å². The zero-order valence-corrected chi connectivity index (χ0v) is 15.3. The minimum atomic E-state index is -0.324. The predicted octanol–water partition coefficient (Wildman–Crippen LogP) is 1.96. The third-order valence-electron chi connectivity index (χ3n) is 3.57. The molecule has 132 valence electrons. The molecule has 1 aliphatic rings. The monoisotopic (exact) mass is 378 g/mol. The van der Waals surface area contributed by atoms with Gasteiger partial charge in [0.15, 0.2) is 5.13 Å². The lowest BCUT2D eigenvalue weighted by atomic mass is 10.2. The number of pyridine rings is 1. The number of aromatic nitrogens is 2. The van der Waals surface area contributed by atoms with Gasteiger partial charge in [-0.25, -0.2) is 9.97 Å². The van der Waals surface area contributed by atoms with Crippen molar-refractivity contribution in [2.24, 2.45) is 0 Å². The van der Waals surface area contributed by atoms with Gasteiger partial charge in [0.05, 0.1) is 12.1 Å². The first kappa shape index (κ1) is 17.7. The van der Waals surface area contributed by atoms with E-state index in [0.29, 0.717) is 22.3 Å². The van der Waals surface area contributed by atoms with Gasteiger partial charge in [-0.15, -0.1) is 11.3 Å². The number of nitrogens with zero attached hydrogens (tertiary/aromatic N) is 2. The molecule has 0 radical (unpaired) electrons. The van der Waals surface area contributed by atoms with Gasteiger partial charge in [-0.1, -0.05) is 0 Å². The highest BCUT2D eigenvalue weighted by Gasteiger charge is 2.22. The molecule has 2 amide bonds. The van der Waals surface area contributed by atoms with E-state index in [2.05, 4.69) is 20.6 Å². The van der Waals surface area contributed by atoms with E-state index in [1.807, 2.05) is 11.8 Å². The van der Waals surface area contributed by atoms with Crippen molar-refractivity contribution in [2.75, 3.05) is 23.9 Å². The highest BCUT2D eigenvalue weighted by Crippen LogP contribution is 2.25. The van der Waals surface area contributed by atoms with Crippen molar-refractivity contribution in [1.82, 2.24) is 15.3 Å². The van der Waals surface area contributed by atoms with Crippen molar-refractivity contribution in [2.45, 2.75) is 18.9 Å². The van der Waals surface area contributed by atoms with Gasteiger partial charge in [-0.2, -0.15) is 11.8 Å². The summed E-state index contributed by atoms with van der Waals surface area (Å²) >= 11 is 3.11. The largest absolute Gasteiger partial charge is 0.473 e. The van der Waals surface area contributed by atoms with Crippen LogP contribution in [-0.4, -0.2) is 46.4 Å². The molecule has 1 aliphatic heterocycles. The number of anilines is 1. The van der Waals surface area contributed by atoms with Crippen LogP contribution in [0, 0.1) is 0 Å². The summed E-state index contributed by atoms with van der Waals surface area (Å²) in [5, 5.41) is 7.48. The van der Waals surface area contributed by atoms with Crippen molar-refractivity contribution in [3.05, 3.63) is 35.0 Å². The number of ether oxygens (including phenoxy) is 1. The molecule has 1 unspecified atom stereocenters. The lowest BCUT2D eigenvalue weighted by Gasteiger charge is -2.14. The summed E-state index contributed by atoms with van der Waals surface area (Å²) in [7, 11) is 1.57. The molecule has 0 aromatic carbocycles. The number of thiazole rings is 1. The summed E-state index contributed by atoms with van der Waals surface area (Å²) in [4.78, 5) is 32.4. The molecule has 9 heteroatoms. The molecule has 0 saturated carbocycles. The Kier molecular flexibility index (Phi) is 5.87. The van der Waals surface area contributed by atoms with E-state index in [1.54, 1.807) is 30.8 Å². The van der Waals surface area contributed by atoms with Crippen molar-refractivity contribution < 1.29 is 14.3 Å². The smallest absolute Gasteiger partial charge is 0.262 e. The van der Waals surface area contributed by atoms with Crippen LogP contribution in [0.25, 0.3) is 0 Å². The Morgan fingerprint density at radius 2 is 2.32 bits per heavy atom. The van der Waals surface area contributed by atoms with Gasteiger partial charge in [0.25, 0.3) is 5.91 Å². The van der Waals surface area contributed by atoms with Gasteiger partial charge >= 0.3 is 0 Å². The molecule has 1 saturated heterocycles. The van der Waals surface area contributed by atoms with Crippen LogP contribution in [0.2, 0.25) is 0 Å². The summed E-state index contributed by atoms with van der Waals surface area (Å²) in [5.74, 6) is 1.86. The number of hydrogen-bond acceptors (Lipinski definition) is 7. The van der Waals surface area contributed by atoms with Crippen LogP contribution in [0.15, 0.2) is 23.7 Å². The Balaban J connectivity index is 1.68. The maximum atomic E-state index is 12.5. The molecule has 7 nitrogen and oxygen atoms in total. The fourth-order valence-corrected chi connectivity index (χ4v) is 4.08. The molecule has 2 aromatic rings. The second-order valence-corrected chi connectivity index (χ2v) is 7.42. The van der Waals surface area contributed by atoms with Crippen LogP contribution in [0.5, 0.6) is 5.88 Å². The fraction of sp³-hybridized carbons (Fsp3) is 0.375. The molecular weight excluding hydrogens is 360 g/mol. The Hall–Kier alpha value is -2.13. The molecular formula is C16H18N4O3S2. The standard InChI is InChI=1S/C16H18N4O3S2/c1-17-13(21)7-10-8-25-16(19-10)20-14(22)12-3-2-5-18-15(12)23-11-4-6-24-9-11/h2-3,5,8,11H,4,6-7,9H2,1H3,(H,17,21)(H,19,20,22). The molecule has 0 bridgehead atoms. The average molecular weight is 378 g/mol. The van der Waals surface area contributed by atoms with E-state index in [4.69, 9.17) is 4.74 Å². The minimum Gasteiger partial charge on any atom is -0.473 e. The van der Waals surface area contributed by atoms with Crippen LogP contribution >= 0.6 is 23.1 Å². The van der Waals surface area contributed by atoms with E-state index >= 15 is 0 Å². The number of hydrogen-bond donors (Lipinski definition) is 2. The van der Waals surface area contributed by atoms with Crippen molar-refractivity contribution in [1.29, 1.82) is 0 Å². The van der Waals surface area contributed by atoms with E-state index in [0.717, 1.165) is 17.9 Å². The number of likely N-dealkylation sites (N-methyl/N-ethyl adjacent to an activating group) is 1. The van der Waals surface area contributed by atoms with E-state index < -0.39 is 0 Å². The van der Waals surface area contributed by atoms with Crippen LogP contribution in [0.1, 0.15) is 22.5 Å². The van der Waals surface area contributed by atoms with Crippen LogP contribution in [-0.2, 0) is 11.2 Å². The molecule has 0 aliphatic carbocycles. The number of rotatable bonds is 6. The topological polar surface area (TPSA) is 93.2 Å². The summed E-state index contributed by atoms with van der Waals surface area (Å²) in [6.45, 7) is 0. The van der Waals surface area contributed by atoms with Crippen LogP contribution in [0.3, 0.4) is 0 Å². The summed E-state index contributed by atoms with van der Waals surface area (Å²) in [6.07, 6.45) is 2.84. The highest BCUT2D eigenvalue weighted by atomic mass is 32.2. The van der Waals surface area contributed by atoms with Gasteiger partial charge in [0.2, 0.25) is 11.8 Å². The Labute approximate surface area is 153 Å². The third-order valence-corrected chi connectivity index (χ3v) is 5.51. The van der Waals surface area contributed by atoms with Gasteiger partial charge in [-0.3, -0.25) is 14.9 Å². The van der Waals surface area contributed by atoms with Crippen molar-refractivity contribution in [3.63, 3.8) is 0 Å². The van der Waals surface area contributed by atoms with Gasteiger partial charge in [0, 0.05) is 24.4 Å². The molecule has 2 N–H and O–H groups in total. The summed E-state index contributed by atoms with van der Waals surface area (Å²) in [5.41, 5.74) is 0.993. The first-order chi connectivity index (χ1) is 12.2. The predicted molar refractivity (Wildman–Crippen MR) is 98.4 cm³/mol. The zero-order chi connectivity index (χ0) is 17.6. The zero-order valence-electron chi connectivity index (χ0n) is 13.7. The molecule has 1 atom stereocenters. The number of carbonyl (C=O) groups is 2. The second kappa shape index (κ2) is 8.30. The number of nitrogens with one attached hydrogen (secondary N) is 2. The highest BCUT2D eigenvalue weighted by molar-refractivity contribution is 7.99. The lowest BCUT2D eigenvalue weighted by molar-refractivity contribution is -0.120. The van der Waals surface area contributed by atoms with Crippen molar-refractivity contribution in [3.8, 4) is 5.88 Å². The van der Waals surface area contributed by atoms with Gasteiger partial charge < -0.3 is 10.1 Å². The molecule has 0 spiro atoms. The fourth-order valence-electron chi connectivity index (χ4n) is 2.28. The first-order valence-corrected chi connectivity index (χ1v) is 9.85. The lowest BCUT2D eigenvalue weighted by Crippen LogP contribution is -2.20. The van der Waals surface area contributed by atoms with E-state index in [1.165, 1.54) is 11.3 Å².